The summed E-state index contributed by atoms with van der Waals surface area (Å²) in [4.78, 5) is 38.9. The van der Waals surface area contributed by atoms with Crippen molar-refractivity contribution in [3.05, 3.63) is 58.6 Å². The van der Waals surface area contributed by atoms with Crippen LogP contribution in [0.25, 0.3) is 0 Å². The quantitative estimate of drug-likeness (QED) is 0.435. The summed E-state index contributed by atoms with van der Waals surface area (Å²) >= 11 is 0.735. The molecule has 3 amide bonds. The molecule has 1 aliphatic heterocycles. The molecule has 4 rings (SSSR count). The number of rotatable bonds is 8. The van der Waals surface area contributed by atoms with Crippen molar-refractivity contribution in [1.29, 1.82) is 0 Å². The lowest BCUT2D eigenvalue weighted by Crippen LogP contribution is -2.40. The monoisotopic (exact) mass is 483 g/mol. The number of nitrogen functional groups attached to an aromatic ring is 1. The van der Waals surface area contributed by atoms with E-state index in [0.29, 0.717) is 22.9 Å². The van der Waals surface area contributed by atoms with E-state index >= 15 is 0 Å². The third-order valence-corrected chi connectivity index (χ3v) is 5.87. The van der Waals surface area contributed by atoms with E-state index in [1.807, 2.05) is 12.1 Å². The van der Waals surface area contributed by atoms with Crippen LogP contribution < -0.4 is 35.9 Å². The summed E-state index contributed by atoms with van der Waals surface area (Å²) in [6.45, 7) is -0.0166. The van der Waals surface area contributed by atoms with Gasteiger partial charge in [0.05, 0.1) is 12.8 Å². The Labute approximate surface area is 198 Å². The third kappa shape index (κ3) is 4.71. The highest BCUT2D eigenvalue weighted by Crippen LogP contribution is 2.36. The number of methoxy groups -OCH3 is 1. The van der Waals surface area contributed by atoms with Crippen molar-refractivity contribution in [3.8, 4) is 17.2 Å². The maximum Gasteiger partial charge on any atom is 0.272 e. The molecule has 0 saturated heterocycles. The van der Waals surface area contributed by atoms with Crippen molar-refractivity contribution in [2.75, 3.05) is 31.1 Å². The van der Waals surface area contributed by atoms with Crippen molar-refractivity contribution in [1.82, 2.24) is 9.69 Å². The minimum atomic E-state index is -0.848. The van der Waals surface area contributed by atoms with Crippen LogP contribution in [0.3, 0.4) is 0 Å². The Morgan fingerprint density at radius 1 is 1.15 bits per heavy atom. The number of amides is 3. The molecule has 0 bridgehead atoms. The zero-order chi connectivity index (χ0) is 24.2. The smallest absolute Gasteiger partial charge is 0.272 e. The summed E-state index contributed by atoms with van der Waals surface area (Å²) in [6, 6.07) is 12.1. The second-order valence-electron chi connectivity index (χ2n) is 7.19. The molecule has 176 valence electrons. The number of nitrogens with zero attached hydrogens (tertiary/aromatic N) is 2. The summed E-state index contributed by atoms with van der Waals surface area (Å²) in [5.74, 6) is -0.217. The lowest BCUT2D eigenvalue weighted by Gasteiger charge is -2.22. The number of carbonyl (C=O) groups excluding carboxylic acids is 3. The van der Waals surface area contributed by atoms with Crippen molar-refractivity contribution in [2.45, 2.75) is 6.54 Å². The number of fused-ring (bicyclic) bond motifs is 1. The molecule has 2 aromatic carbocycles. The number of carbonyl (C=O) groups is 3. The molecule has 5 N–H and O–H groups in total. The highest BCUT2D eigenvalue weighted by Gasteiger charge is 2.28. The molecule has 3 aromatic rings. The Balaban J connectivity index is 1.56. The number of nitrogens with one attached hydrogen (secondary N) is 1. The lowest BCUT2D eigenvalue weighted by atomic mass is 10.2. The predicted molar refractivity (Wildman–Crippen MR) is 124 cm³/mol. The number of ether oxygens (including phenoxy) is 3. The van der Waals surface area contributed by atoms with Gasteiger partial charge in [-0.25, -0.2) is 0 Å². The van der Waals surface area contributed by atoms with E-state index in [-0.39, 0.29) is 36.1 Å². The van der Waals surface area contributed by atoms with Crippen LogP contribution >= 0.6 is 11.5 Å². The molecule has 0 unspecified atom stereocenters. The van der Waals surface area contributed by atoms with Crippen molar-refractivity contribution in [3.63, 3.8) is 0 Å². The van der Waals surface area contributed by atoms with Gasteiger partial charge in [0.1, 0.15) is 17.2 Å². The summed E-state index contributed by atoms with van der Waals surface area (Å²) in [5, 5.41) is 2.79. The van der Waals surface area contributed by atoms with E-state index in [9.17, 15) is 14.4 Å². The van der Waals surface area contributed by atoms with E-state index in [2.05, 4.69) is 9.69 Å². The van der Waals surface area contributed by atoms with E-state index < -0.39 is 17.7 Å². The molecular formula is C22H21N5O6S. The molecular weight excluding hydrogens is 462 g/mol. The number of nitrogens with two attached hydrogens (primary N) is 2. The second-order valence-corrected chi connectivity index (χ2v) is 7.97. The first-order chi connectivity index (χ1) is 16.4. The molecule has 34 heavy (non-hydrogen) atoms. The summed E-state index contributed by atoms with van der Waals surface area (Å²) < 4.78 is 19.7. The lowest BCUT2D eigenvalue weighted by molar-refractivity contribution is -0.119. The number of anilines is 2. The highest BCUT2D eigenvalue weighted by molar-refractivity contribution is 7.09. The van der Waals surface area contributed by atoms with Crippen LogP contribution in [-0.4, -0.2) is 42.5 Å². The van der Waals surface area contributed by atoms with Crippen LogP contribution in [0, 0.1) is 0 Å². The molecule has 2 heterocycles. The fraction of sp³-hybridized carbons (Fsp3) is 0.182. The average molecular weight is 484 g/mol. The topological polar surface area (TPSA) is 159 Å². The Morgan fingerprint density at radius 3 is 2.56 bits per heavy atom. The number of hydrogen-bond donors (Lipinski definition) is 3. The number of hydrogen-bond acceptors (Lipinski definition) is 9. The minimum Gasteiger partial charge on any atom is -0.497 e. The van der Waals surface area contributed by atoms with Crippen LogP contribution in [0.15, 0.2) is 42.5 Å². The van der Waals surface area contributed by atoms with Crippen molar-refractivity contribution in [2.24, 2.45) is 5.73 Å². The Hall–Kier alpha value is -4.32. The van der Waals surface area contributed by atoms with E-state index in [0.717, 1.165) is 17.1 Å². The minimum absolute atomic E-state index is 0.00517. The van der Waals surface area contributed by atoms with Gasteiger partial charge in [-0.1, -0.05) is 12.1 Å². The zero-order valence-electron chi connectivity index (χ0n) is 18.1. The van der Waals surface area contributed by atoms with Crippen LogP contribution in [0.2, 0.25) is 0 Å². The van der Waals surface area contributed by atoms with Gasteiger partial charge in [-0.05, 0) is 41.4 Å². The average Bonchev–Trinajstić information content (AvgIpc) is 3.47. The fourth-order valence-corrected chi connectivity index (χ4v) is 3.98. The molecule has 0 radical (unpaired) electrons. The Bertz CT molecular complexity index is 1240. The van der Waals surface area contributed by atoms with E-state index in [1.165, 1.54) is 4.90 Å². The van der Waals surface area contributed by atoms with Crippen LogP contribution in [0.1, 0.15) is 25.7 Å². The van der Waals surface area contributed by atoms with Gasteiger partial charge in [-0.2, -0.15) is 4.37 Å². The number of aromatic nitrogens is 1. The standard InChI is InChI=1S/C22H21N5O6S/c1-31-14-5-2-12(3-6-14)9-25-17(28)10-27(13-4-7-15-16(8-13)33-11-32-15)22(30)20-18(23)19(21(24)29)26-34-20/h2-8H,9-11,23H2,1H3,(H2,24,29)(H,25,28). The predicted octanol–water partition coefficient (Wildman–Crippen LogP) is 1.52. The zero-order valence-corrected chi connectivity index (χ0v) is 18.9. The van der Waals surface area contributed by atoms with Gasteiger partial charge in [0.15, 0.2) is 17.2 Å². The third-order valence-electron chi connectivity index (χ3n) is 5.02. The molecule has 0 atom stereocenters. The van der Waals surface area contributed by atoms with Crippen LogP contribution in [-0.2, 0) is 11.3 Å². The summed E-state index contributed by atoms with van der Waals surface area (Å²) in [7, 11) is 1.57. The van der Waals surface area contributed by atoms with Gasteiger partial charge in [0.2, 0.25) is 12.7 Å². The van der Waals surface area contributed by atoms with Crippen LogP contribution in [0.5, 0.6) is 17.2 Å². The van der Waals surface area contributed by atoms with Gasteiger partial charge in [-0.3, -0.25) is 19.3 Å². The van der Waals surface area contributed by atoms with E-state index in [1.54, 1.807) is 37.4 Å². The fourth-order valence-electron chi connectivity index (χ4n) is 3.23. The van der Waals surface area contributed by atoms with Gasteiger partial charge < -0.3 is 31.0 Å². The highest BCUT2D eigenvalue weighted by atomic mass is 32.1. The normalized spacial score (nSPS) is 11.7. The second kappa shape index (κ2) is 9.67. The first-order valence-electron chi connectivity index (χ1n) is 10.0. The summed E-state index contributed by atoms with van der Waals surface area (Å²) in [6.07, 6.45) is 0. The van der Waals surface area contributed by atoms with Crippen molar-refractivity contribution < 1.29 is 28.6 Å². The van der Waals surface area contributed by atoms with E-state index in [4.69, 9.17) is 25.7 Å². The van der Waals surface area contributed by atoms with Gasteiger partial charge in [0, 0.05) is 18.3 Å². The maximum atomic E-state index is 13.4. The molecule has 11 nitrogen and oxygen atoms in total. The van der Waals surface area contributed by atoms with Gasteiger partial charge >= 0.3 is 0 Å². The first-order valence-corrected chi connectivity index (χ1v) is 10.8. The summed E-state index contributed by atoms with van der Waals surface area (Å²) in [5.41, 5.74) is 12.1. The Kier molecular flexibility index (Phi) is 6.50. The van der Waals surface area contributed by atoms with Crippen molar-refractivity contribution >= 4 is 40.6 Å². The molecule has 12 heteroatoms. The van der Waals surface area contributed by atoms with Gasteiger partial charge in [-0.15, -0.1) is 0 Å². The van der Waals surface area contributed by atoms with Crippen LogP contribution in [0.4, 0.5) is 11.4 Å². The molecule has 0 fully saturated rings. The van der Waals surface area contributed by atoms with Gasteiger partial charge in [0.25, 0.3) is 11.8 Å². The Morgan fingerprint density at radius 2 is 1.88 bits per heavy atom. The SMILES string of the molecule is COc1ccc(CNC(=O)CN(C(=O)c2snc(C(N)=O)c2N)c2ccc3c(c2)OCO3)cc1. The molecule has 0 spiro atoms. The number of primary amides is 1. The molecule has 1 aromatic heterocycles. The molecule has 0 aliphatic carbocycles. The maximum absolute atomic E-state index is 13.4. The molecule has 0 saturated carbocycles. The number of benzene rings is 2. The largest absolute Gasteiger partial charge is 0.497 e. The molecule has 1 aliphatic rings. The first kappa shape index (κ1) is 22.9.